The average Bonchev–Trinajstić information content (AvgIpc) is 3.40. The third kappa shape index (κ3) is 5.83. The maximum atomic E-state index is 15.9. The van der Waals surface area contributed by atoms with Gasteiger partial charge in [-0.25, -0.2) is 4.39 Å². The number of aromatic amines is 1. The highest BCUT2D eigenvalue weighted by molar-refractivity contribution is 6.20. The predicted molar refractivity (Wildman–Crippen MR) is 168 cm³/mol. The Morgan fingerprint density at radius 3 is 2.47 bits per heavy atom. The molecule has 0 radical (unpaired) electrons. The van der Waals surface area contributed by atoms with Gasteiger partial charge in [-0.1, -0.05) is 54.6 Å². The molecule has 4 aromatic carbocycles. The van der Waals surface area contributed by atoms with Crippen molar-refractivity contribution in [2.75, 3.05) is 39.8 Å². The van der Waals surface area contributed by atoms with E-state index < -0.39 is 11.7 Å². The van der Waals surface area contributed by atoms with Gasteiger partial charge < -0.3 is 25.3 Å². The molecular weight excluding hydrogens is 543 g/mol. The van der Waals surface area contributed by atoms with Crippen molar-refractivity contribution in [3.63, 3.8) is 0 Å². The van der Waals surface area contributed by atoms with Gasteiger partial charge >= 0.3 is 0 Å². The molecule has 1 aromatic heterocycles. The number of amides is 2. The van der Waals surface area contributed by atoms with Crippen LogP contribution in [0.3, 0.4) is 0 Å². The number of fused-ring (bicyclic) bond motifs is 3. The Kier molecular flexibility index (Phi) is 8.11. The van der Waals surface area contributed by atoms with Crippen molar-refractivity contribution >= 4 is 33.6 Å². The molecular formula is C35H35FN4O3. The van der Waals surface area contributed by atoms with Crippen LogP contribution in [0.15, 0.2) is 78.9 Å². The second kappa shape index (κ2) is 12.3. The van der Waals surface area contributed by atoms with E-state index in [4.69, 9.17) is 10.5 Å². The zero-order valence-electron chi connectivity index (χ0n) is 24.2. The third-order valence-electron chi connectivity index (χ3n) is 8.27. The predicted octanol–water partition coefficient (Wildman–Crippen LogP) is 6.02. The number of ether oxygens (including phenoxy) is 1. The van der Waals surface area contributed by atoms with Crippen LogP contribution < -0.4 is 10.5 Å². The molecule has 220 valence electrons. The molecule has 0 bridgehead atoms. The molecule has 2 heterocycles. The number of aromatic nitrogens is 1. The average molecular weight is 579 g/mol. The Morgan fingerprint density at radius 1 is 0.907 bits per heavy atom. The number of piperazine rings is 1. The minimum Gasteiger partial charge on any atom is -0.490 e. The molecule has 0 unspecified atom stereocenters. The standard InChI is InChI=1S/C35H35FN4O3/c1-39-17-19-40(20-18-39)35(42)24-13-14-27-29(22-24)38-33-28(34(37)41)16-15-25(31(27)33)26-11-7-12-30(32(26)36)43-21-6-5-10-23-8-3-2-4-9-23/h2-4,7-9,11-16,22,38H,5-6,10,17-21H2,1H3,(H2,37,41). The van der Waals surface area contributed by atoms with Gasteiger partial charge in [-0.05, 0) is 61.7 Å². The number of nitrogens with zero attached hydrogens (tertiary/aromatic N) is 2. The smallest absolute Gasteiger partial charge is 0.254 e. The molecule has 1 fully saturated rings. The maximum absolute atomic E-state index is 15.9. The Bertz CT molecular complexity index is 1790. The lowest BCUT2D eigenvalue weighted by Crippen LogP contribution is -2.47. The number of rotatable bonds is 9. The highest BCUT2D eigenvalue weighted by Gasteiger charge is 2.23. The van der Waals surface area contributed by atoms with Crippen LogP contribution in [0.4, 0.5) is 4.39 Å². The summed E-state index contributed by atoms with van der Waals surface area (Å²) in [5.74, 6) is -0.910. The number of unbranched alkanes of at least 4 members (excludes halogenated alkanes) is 1. The monoisotopic (exact) mass is 578 g/mol. The molecule has 1 saturated heterocycles. The van der Waals surface area contributed by atoms with Gasteiger partial charge in [0.2, 0.25) is 0 Å². The van der Waals surface area contributed by atoms with Crippen LogP contribution in [0, 0.1) is 5.82 Å². The first-order valence-corrected chi connectivity index (χ1v) is 14.7. The van der Waals surface area contributed by atoms with Gasteiger partial charge in [-0.15, -0.1) is 0 Å². The summed E-state index contributed by atoms with van der Waals surface area (Å²) in [5, 5.41) is 1.44. The number of carbonyl (C=O) groups is 2. The lowest BCUT2D eigenvalue weighted by molar-refractivity contribution is 0.0664. The highest BCUT2D eigenvalue weighted by atomic mass is 19.1. The number of carbonyl (C=O) groups excluding carboxylic acids is 2. The molecule has 0 aliphatic carbocycles. The number of nitrogens with one attached hydrogen (secondary N) is 1. The molecule has 43 heavy (non-hydrogen) atoms. The van der Waals surface area contributed by atoms with Crippen LogP contribution in [-0.4, -0.2) is 66.4 Å². The van der Waals surface area contributed by atoms with Crippen molar-refractivity contribution in [3.8, 4) is 16.9 Å². The first kappa shape index (κ1) is 28.4. The number of likely N-dealkylation sites (N-methyl/N-ethyl adjacent to an activating group) is 1. The van der Waals surface area contributed by atoms with Gasteiger partial charge in [0.05, 0.1) is 17.7 Å². The number of nitrogens with two attached hydrogens (primary N) is 1. The molecule has 0 saturated carbocycles. The second-order valence-electron chi connectivity index (χ2n) is 11.2. The second-order valence-corrected chi connectivity index (χ2v) is 11.2. The molecule has 0 spiro atoms. The van der Waals surface area contributed by atoms with Crippen molar-refractivity contribution in [1.29, 1.82) is 0 Å². The number of benzene rings is 4. The van der Waals surface area contributed by atoms with Crippen molar-refractivity contribution < 1.29 is 18.7 Å². The van der Waals surface area contributed by atoms with Crippen molar-refractivity contribution in [2.24, 2.45) is 5.73 Å². The van der Waals surface area contributed by atoms with Gasteiger partial charge in [0.1, 0.15) is 0 Å². The summed E-state index contributed by atoms with van der Waals surface area (Å²) >= 11 is 0. The minimum absolute atomic E-state index is 0.0383. The fourth-order valence-electron chi connectivity index (χ4n) is 5.86. The van der Waals surface area contributed by atoms with E-state index in [1.165, 1.54) is 5.56 Å². The minimum atomic E-state index is -0.593. The van der Waals surface area contributed by atoms with E-state index in [0.29, 0.717) is 58.4 Å². The molecule has 2 amide bonds. The molecule has 7 nitrogen and oxygen atoms in total. The van der Waals surface area contributed by atoms with E-state index in [0.717, 1.165) is 37.7 Å². The normalized spacial score (nSPS) is 14.0. The van der Waals surface area contributed by atoms with E-state index >= 15 is 4.39 Å². The summed E-state index contributed by atoms with van der Waals surface area (Å²) < 4.78 is 21.8. The van der Waals surface area contributed by atoms with Gasteiger partial charge in [-0.3, -0.25) is 9.59 Å². The number of hydrogen-bond donors (Lipinski definition) is 2. The molecule has 6 rings (SSSR count). The molecule has 1 aliphatic heterocycles. The van der Waals surface area contributed by atoms with Crippen molar-refractivity contribution in [3.05, 3.63) is 101 Å². The first-order chi connectivity index (χ1) is 20.9. The molecule has 5 aromatic rings. The summed E-state index contributed by atoms with van der Waals surface area (Å²) in [6, 6.07) is 24.2. The number of primary amides is 1. The molecule has 0 atom stereocenters. The Hall–Kier alpha value is -4.69. The van der Waals surface area contributed by atoms with E-state index in [9.17, 15) is 9.59 Å². The van der Waals surface area contributed by atoms with E-state index in [1.54, 1.807) is 42.5 Å². The van der Waals surface area contributed by atoms with Crippen LogP contribution in [0.1, 0.15) is 39.1 Å². The van der Waals surface area contributed by atoms with Crippen LogP contribution in [0.5, 0.6) is 5.75 Å². The molecule has 1 aliphatic rings. The largest absolute Gasteiger partial charge is 0.490 e. The lowest BCUT2D eigenvalue weighted by atomic mass is 9.96. The summed E-state index contributed by atoms with van der Waals surface area (Å²) in [5.41, 5.74) is 10.0. The summed E-state index contributed by atoms with van der Waals surface area (Å²) in [4.78, 5) is 33.0. The summed E-state index contributed by atoms with van der Waals surface area (Å²) in [6.45, 7) is 3.39. The molecule has 3 N–H and O–H groups in total. The van der Waals surface area contributed by atoms with Gasteiger partial charge in [0, 0.05) is 53.6 Å². The SMILES string of the molecule is CN1CCN(C(=O)c2ccc3c(c2)[nH]c2c(C(N)=O)ccc(-c4cccc(OCCCCc5ccccc5)c4F)c23)CC1. The van der Waals surface area contributed by atoms with E-state index in [1.807, 2.05) is 36.2 Å². The Labute approximate surface area is 250 Å². The summed E-state index contributed by atoms with van der Waals surface area (Å²) in [6.07, 6.45) is 2.68. The number of halogens is 1. The maximum Gasteiger partial charge on any atom is 0.254 e. The van der Waals surface area contributed by atoms with Gasteiger partial charge in [0.25, 0.3) is 11.8 Å². The van der Waals surface area contributed by atoms with E-state index in [2.05, 4.69) is 22.0 Å². The van der Waals surface area contributed by atoms with Crippen molar-refractivity contribution in [2.45, 2.75) is 19.3 Å². The Morgan fingerprint density at radius 2 is 1.70 bits per heavy atom. The topological polar surface area (TPSA) is 91.7 Å². The van der Waals surface area contributed by atoms with Gasteiger partial charge in [-0.2, -0.15) is 0 Å². The van der Waals surface area contributed by atoms with Crippen LogP contribution in [0.2, 0.25) is 0 Å². The zero-order valence-corrected chi connectivity index (χ0v) is 24.2. The molecule has 8 heteroatoms. The van der Waals surface area contributed by atoms with Crippen LogP contribution >= 0.6 is 0 Å². The number of hydrogen-bond acceptors (Lipinski definition) is 4. The number of H-pyrrole nitrogens is 1. The lowest BCUT2D eigenvalue weighted by Gasteiger charge is -2.32. The fourth-order valence-corrected chi connectivity index (χ4v) is 5.86. The van der Waals surface area contributed by atoms with Crippen LogP contribution in [0.25, 0.3) is 32.9 Å². The quantitative estimate of drug-likeness (QED) is 0.210. The fraction of sp³-hybridized carbons (Fsp3) is 0.257. The van der Waals surface area contributed by atoms with E-state index in [-0.39, 0.29) is 11.7 Å². The Balaban J connectivity index is 1.30. The zero-order chi connectivity index (χ0) is 29.9. The van der Waals surface area contributed by atoms with Crippen molar-refractivity contribution in [1.82, 2.24) is 14.8 Å². The van der Waals surface area contributed by atoms with Gasteiger partial charge in [0.15, 0.2) is 11.6 Å². The number of aryl methyl sites for hydroxylation is 1. The third-order valence-corrected chi connectivity index (χ3v) is 8.27. The van der Waals surface area contributed by atoms with Crippen LogP contribution in [-0.2, 0) is 6.42 Å². The highest BCUT2D eigenvalue weighted by Crippen LogP contribution is 2.39. The summed E-state index contributed by atoms with van der Waals surface area (Å²) in [7, 11) is 2.05. The first-order valence-electron chi connectivity index (χ1n) is 14.7.